The number of aliphatic hydroxyl groups excluding tert-OH is 1. The van der Waals surface area contributed by atoms with E-state index < -0.39 is 0 Å². The molecule has 4 heteroatoms. The second-order valence-corrected chi connectivity index (χ2v) is 4.53. The zero-order valence-corrected chi connectivity index (χ0v) is 11.7. The Bertz CT molecular complexity index is 526. The highest BCUT2D eigenvalue weighted by molar-refractivity contribution is 5.43. The van der Waals surface area contributed by atoms with Gasteiger partial charge in [-0.1, -0.05) is 25.1 Å². The van der Waals surface area contributed by atoms with Crippen molar-refractivity contribution in [2.45, 2.75) is 26.6 Å². The van der Waals surface area contributed by atoms with Gasteiger partial charge in [0.1, 0.15) is 18.2 Å². The number of hydrogen-bond acceptors (Lipinski definition) is 4. The average Bonchev–Trinajstić information content (AvgIpc) is 2.52. The van der Waals surface area contributed by atoms with E-state index in [4.69, 9.17) is 9.84 Å². The molecule has 0 aliphatic rings. The van der Waals surface area contributed by atoms with Crippen LogP contribution >= 0.6 is 0 Å². The molecule has 2 N–H and O–H groups in total. The lowest BCUT2D eigenvalue weighted by Crippen LogP contribution is -2.07. The van der Waals surface area contributed by atoms with Gasteiger partial charge >= 0.3 is 0 Å². The molecule has 0 fully saturated rings. The van der Waals surface area contributed by atoms with Crippen molar-refractivity contribution in [1.82, 2.24) is 4.98 Å². The smallest absolute Gasteiger partial charge is 0.132 e. The average molecular weight is 272 g/mol. The highest BCUT2D eigenvalue weighted by atomic mass is 16.5. The molecule has 0 saturated carbocycles. The largest absolute Gasteiger partial charge is 0.489 e. The molecule has 1 aromatic carbocycles. The van der Waals surface area contributed by atoms with Crippen LogP contribution in [0.2, 0.25) is 0 Å². The van der Waals surface area contributed by atoms with Crippen LogP contribution in [0.4, 0.5) is 5.82 Å². The zero-order valence-electron chi connectivity index (χ0n) is 11.7. The number of anilines is 1. The van der Waals surface area contributed by atoms with E-state index in [0.29, 0.717) is 6.61 Å². The summed E-state index contributed by atoms with van der Waals surface area (Å²) in [6.45, 7) is 3.54. The minimum Gasteiger partial charge on any atom is -0.489 e. The Morgan fingerprint density at radius 1 is 1.20 bits per heavy atom. The van der Waals surface area contributed by atoms with E-state index in [2.05, 4.69) is 17.2 Å². The quantitative estimate of drug-likeness (QED) is 0.813. The Hall–Kier alpha value is -2.07. The molecular formula is C16H20N2O2. The molecule has 0 amide bonds. The molecule has 4 nitrogen and oxygen atoms in total. The van der Waals surface area contributed by atoms with Gasteiger partial charge in [0.25, 0.3) is 0 Å². The number of nitrogens with one attached hydrogen (secondary N) is 1. The van der Waals surface area contributed by atoms with Gasteiger partial charge < -0.3 is 15.2 Å². The number of pyridine rings is 1. The first-order valence-corrected chi connectivity index (χ1v) is 6.84. The number of nitrogens with zero attached hydrogens (tertiary/aromatic N) is 1. The Kier molecular flexibility index (Phi) is 5.38. The van der Waals surface area contributed by atoms with Crippen molar-refractivity contribution in [3.8, 4) is 5.75 Å². The van der Waals surface area contributed by atoms with Gasteiger partial charge in [0.2, 0.25) is 0 Å². The lowest BCUT2D eigenvalue weighted by atomic mass is 10.2. The molecule has 0 atom stereocenters. The molecule has 0 aliphatic heterocycles. The highest BCUT2D eigenvalue weighted by Crippen LogP contribution is 2.17. The summed E-state index contributed by atoms with van der Waals surface area (Å²) < 4.78 is 5.75. The Labute approximate surface area is 119 Å². The summed E-state index contributed by atoms with van der Waals surface area (Å²) in [6, 6.07) is 11.4. The van der Waals surface area contributed by atoms with E-state index in [-0.39, 0.29) is 6.61 Å². The first-order chi connectivity index (χ1) is 9.83. The lowest BCUT2D eigenvalue weighted by Gasteiger charge is -2.11. The molecule has 1 aromatic heterocycles. The van der Waals surface area contributed by atoms with Gasteiger partial charge in [0, 0.05) is 18.3 Å². The van der Waals surface area contributed by atoms with Gasteiger partial charge in [-0.25, -0.2) is 4.98 Å². The van der Waals surface area contributed by atoms with Crippen LogP contribution in [0.1, 0.15) is 24.5 Å². The molecule has 0 unspecified atom stereocenters. The Balaban J connectivity index is 1.98. The fourth-order valence-corrected chi connectivity index (χ4v) is 1.81. The number of hydrogen-bond donors (Lipinski definition) is 2. The van der Waals surface area contributed by atoms with Crippen molar-refractivity contribution in [1.29, 1.82) is 0 Å². The number of aliphatic hydroxyl groups is 1. The summed E-state index contributed by atoms with van der Waals surface area (Å²) in [4.78, 5) is 4.33. The van der Waals surface area contributed by atoms with E-state index in [1.807, 2.05) is 36.4 Å². The van der Waals surface area contributed by atoms with E-state index in [1.165, 1.54) is 0 Å². The lowest BCUT2D eigenvalue weighted by molar-refractivity contribution is 0.280. The van der Waals surface area contributed by atoms with Crippen molar-refractivity contribution < 1.29 is 9.84 Å². The fraction of sp³-hybridized carbons (Fsp3) is 0.312. The number of benzene rings is 1. The molecule has 0 radical (unpaired) electrons. The van der Waals surface area contributed by atoms with E-state index in [1.54, 1.807) is 6.20 Å². The normalized spacial score (nSPS) is 10.3. The van der Waals surface area contributed by atoms with Crippen LogP contribution < -0.4 is 10.1 Å². The van der Waals surface area contributed by atoms with Crippen LogP contribution in [0.3, 0.4) is 0 Å². The molecular weight excluding hydrogens is 252 g/mol. The van der Waals surface area contributed by atoms with Gasteiger partial charge in [-0.3, -0.25) is 0 Å². The van der Waals surface area contributed by atoms with Crippen LogP contribution in [-0.4, -0.2) is 16.6 Å². The second-order valence-electron chi connectivity index (χ2n) is 4.53. The maximum Gasteiger partial charge on any atom is 0.132 e. The maximum atomic E-state index is 9.00. The predicted molar refractivity (Wildman–Crippen MR) is 79.7 cm³/mol. The molecule has 20 heavy (non-hydrogen) atoms. The topological polar surface area (TPSA) is 54.4 Å². The monoisotopic (exact) mass is 272 g/mol. The minimum atomic E-state index is 0.0496. The third-order valence-electron chi connectivity index (χ3n) is 2.93. The fourth-order valence-electron chi connectivity index (χ4n) is 1.81. The van der Waals surface area contributed by atoms with Crippen LogP contribution in [-0.2, 0) is 13.2 Å². The molecule has 0 aliphatic carbocycles. The standard InChI is InChI=1S/C16H20N2O2/c1-2-9-17-16-14(4-3-10-18-16)12-20-15-7-5-13(11-19)6-8-15/h3-8,10,19H,2,9,11-12H2,1H3,(H,17,18). The summed E-state index contributed by atoms with van der Waals surface area (Å²) in [5.74, 6) is 1.66. The second kappa shape index (κ2) is 7.50. The van der Waals surface area contributed by atoms with Gasteiger partial charge in [0.05, 0.1) is 6.61 Å². The molecule has 0 saturated heterocycles. The molecule has 2 aromatic rings. The highest BCUT2D eigenvalue weighted by Gasteiger charge is 2.03. The van der Waals surface area contributed by atoms with Gasteiger partial charge in [0.15, 0.2) is 0 Å². The minimum absolute atomic E-state index is 0.0496. The molecule has 0 spiro atoms. The summed E-state index contributed by atoms with van der Waals surface area (Å²) in [5.41, 5.74) is 1.91. The van der Waals surface area contributed by atoms with Crippen molar-refractivity contribution in [2.75, 3.05) is 11.9 Å². The van der Waals surface area contributed by atoms with Crippen molar-refractivity contribution in [2.24, 2.45) is 0 Å². The van der Waals surface area contributed by atoms with Crippen LogP contribution in [0.15, 0.2) is 42.6 Å². The van der Waals surface area contributed by atoms with Crippen LogP contribution in [0.5, 0.6) is 5.75 Å². The molecule has 1 heterocycles. The van der Waals surface area contributed by atoms with Crippen LogP contribution in [0.25, 0.3) is 0 Å². The summed E-state index contributed by atoms with van der Waals surface area (Å²) in [7, 11) is 0. The van der Waals surface area contributed by atoms with E-state index >= 15 is 0 Å². The van der Waals surface area contributed by atoms with Gasteiger partial charge in [-0.15, -0.1) is 0 Å². The number of rotatable bonds is 7. The molecule has 0 bridgehead atoms. The summed E-state index contributed by atoms with van der Waals surface area (Å²) in [6.07, 6.45) is 2.83. The maximum absolute atomic E-state index is 9.00. The number of ether oxygens (including phenoxy) is 1. The van der Waals surface area contributed by atoms with Gasteiger partial charge in [-0.05, 0) is 30.2 Å². The van der Waals surface area contributed by atoms with Crippen molar-refractivity contribution >= 4 is 5.82 Å². The Morgan fingerprint density at radius 3 is 2.70 bits per heavy atom. The zero-order chi connectivity index (χ0) is 14.2. The summed E-state index contributed by atoms with van der Waals surface area (Å²) >= 11 is 0. The number of aromatic nitrogens is 1. The van der Waals surface area contributed by atoms with Crippen molar-refractivity contribution in [3.05, 3.63) is 53.7 Å². The van der Waals surface area contributed by atoms with E-state index in [9.17, 15) is 0 Å². The van der Waals surface area contributed by atoms with E-state index in [0.717, 1.165) is 35.7 Å². The van der Waals surface area contributed by atoms with Crippen LogP contribution in [0, 0.1) is 0 Å². The predicted octanol–water partition coefficient (Wildman–Crippen LogP) is 2.97. The molecule has 2 rings (SSSR count). The third-order valence-corrected chi connectivity index (χ3v) is 2.93. The third kappa shape index (κ3) is 3.96. The summed E-state index contributed by atoms with van der Waals surface area (Å²) in [5, 5.41) is 12.3. The molecule has 106 valence electrons. The first-order valence-electron chi connectivity index (χ1n) is 6.84. The van der Waals surface area contributed by atoms with Gasteiger partial charge in [-0.2, -0.15) is 0 Å². The van der Waals surface area contributed by atoms with Crippen molar-refractivity contribution in [3.63, 3.8) is 0 Å². The Morgan fingerprint density at radius 2 is 2.00 bits per heavy atom. The first kappa shape index (κ1) is 14.3. The SMILES string of the molecule is CCCNc1ncccc1COc1ccc(CO)cc1.